The second-order valence-electron chi connectivity index (χ2n) is 14.7. The molecule has 1 fully saturated rings. The number of aliphatic hydroxyl groups excluding tert-OH is 3. The Balaban J connectivity index is 1.44. The summed E-state index contributed by atoms with van der Waals surface area (Å²) in [6.45, 7) is 9.77. The third kappa shape index (κ3) is 5.62. The van der Waals surface area contributed by atoms with Crippen LogP contribution in [0.5, 0.6) is 11.5 Å². The van der Waals surface area contributed by atoms with Crippen LogP contribution >= 0.6 is 0 Å². The van der Waals surface area contributed by atoms with Crippen molar-refractivity contribution in [2.24, 2.45) is 29.6 Å². The summed E-state index contributed by atoms with van der Waals surface area (Å²) in [5, 5.41) is 47.2. The molecule has 5 aliphatic rings. The number of aliphatic hydroxyl groups is 3. The average Bonchev–Trinajstić information content (AvgIpc) is 3.83. The normalized spacial score (nSPS) is 38.5. The monoisotopic (exact) mass is 711 g/mol. The van der Waals surface area contributed by atoms with Crippen LogP contribution in [-0.2, 0) is 28.6 Å². The van der Waals surface area contributed by atoms with Gasteiger partial charge in [0.15, 0.2) is 11.4 Å². The molecule has 0 spiro atoms. The molecule has 15 heteroatoms. The first-order valence-corrected chi connectivity index (χ1v) is 16.8. The van der Waals surface area contributed by atoms with Crippen molar-refractivity contribution < 1.29 is 68.1 Å². The van der Waals surface area contributed by atoms with Gasteiger partial charge in [0.1, 0.15) is 29.1 Å². The Hall–Kier alpha value is -4.60. The quantitative estimate of drug-likeness (QED) is 0.260. The second kappa shape index (κ2) is 12.3. The van der Waals surface area contributed by atoms with E-state index in [1.165, 1.54) is 33.8 Å². The Morgan fingerprint density at radius 2 is 1.59 bits per heavy atom. The van der Waals surface area contributed by atoms with Crippen molar-refractivity contribution in [1.29, 1.82) is 0 Å². The highest BCUT2D eigenvalue weighted by Gasteiger charge is 2.57. The van der Waals surface area contributed by atoms with E-state index in [1.807, 2.05) is 0 Å². The minimum Gasteiger partial charge on any atom is -0.507 e. The lowest BCUT2D eigenvalue weighted by Crippen LogP contribution is -2.54. The molecule has 6 rings (SSSR count). The van der Waals surface area contributed by atoms with Crippen molar-refractivity contribution in [1.82, 2.24) is 5.32 Å². The van der Waals surface area contributed by atoms with Crippen LogP contribution < -0.4 is 10.1 Å². The van der Waals surface area contributed by atoms with Gasteiger partial charge in [-0.1, -0.05) is 20.8 Å². The first kappa shape index (κ1) is 36.2. The standard InChI is InChI=1S/C36H41NO14/c1-12-19(39)8-9-48-36(7)33(46)23-21-22(27(43)15(4)31(23)51-36)28(44)24-32(29(21)45)50-35(6,34(47)37-24)11-20(40)17-10-18(17)26(42)13(2)25(41)14(3)30(12)49-16(5)38/h8-9,12-14,17-19,25-26,30,39,41-43H,10-11H2,1-7H3,(H,37,47)/b9-8-/t12-,13+,14-,17-,18+,19+,25-,26-,30-,35+,36+/m1/s1. The number of hydrogen-bond acceptors (Lipinski definition) is 14. The number of ether oxygens (including phenoxy) is 4. The average molecular weight is 712 g/mol. The molecule has 1 saturated carbocycles. The SMILES string of the molecule is CC(=O)O[C@H]1[C@H](C)[C@H](O)[C@H](C)[C@@H](O)[C@H]2C[C@H]2C(=O)C[C@]2(C)OC3=C(NC2=O)C(=O)c2c(O)c(C)c4c(c2C3=O)C(=O)[C@@](C)(O/C=C\[C@H](O)[C@H]1C)O4. The number of carbonyl (C=O) groups excluding carboxylic acids is 6. The number of Topliss-reactive ketones (excluding diaryl/α,β-unsaturated/α-hetero) is 4. The molecule has 0 unspecified atom stereocenters. The Bertz CT molecular complexity index is 1850. The molecule has 3 aliphatic heterocycles. The van der Waals surface area contributed by atoms with Crippen molar-refractivity contribution in [2.75, 3.05) is 0 Å². The summed E-state index contributed by atoms with van der Waals surface area (Å²) in [6.07, 6.45) is -3.04. The van der Waals surface area contributed by atoms with Crippen molar-refractivity contribution in [2.45, 2.75) is 97.1 Å². The van der Waals surface area contributed by atoms with Crippen molar-refractivity contribution in [3.8, 4) is 11.5 Å². The Morgan fingerprint density at radius 3 is 2.24 bits per heavy atom. The van der Waals surface area contributed by atoms with E-state index in [1.54, 1.807) is 20.8 Å². The van der Waals surface area contributed by atoms with Crippen LogP contribution in [0.1, 0.15) is 91.0 Å². The maximum Gasteiger partial charge on any atom is 0.312 e. The Labute approximate surface area is 292 Å². The zero-order valence-electron chi connectivity index (χ0n) is 29.1. The first-order valence-electron chi connectivity index (χ1n) is 16.8. The van der Waals surface area contributed by atoms with Gasteiger partial charge in [0.05, 0.1) is 47.7 Å². The van der Waals surface area contributed by atoms with Crippen LogP contribution in [0.3, 0.4) is 0 Å². The van der Waals surface area contributed by atoms with E-state index >= 15 is 0 Å². The van der Waals surface area contributed by atoms with E-state index in [9.17, 15) is 49.2 Å². The molecule has 1 amide bonds. The van der Waals surface area contributed by atoms with E-state index < -0.39 is 135 Å². The fourth-order valence-electron chi connectivity index (χ4n) is 7.67. The number of fused-ring (bicyclic) bond motifs is 3. The van der Waals surface area contributed by atoms with Gasteiger partial charge in [-0.15, -0.1) is 0 Å². The maximum absolute atomic E-state index is 14.1. The van der Waals surface area contributed by atoms with Crippen molar-refractivity contribution in [3.63, 3.8) is 0 Å². The van der Waals surface area contributed by atoms with Crippen molar-refractivity contribution >= 4 is 35.0 Å². The highest BCUT2D eigenvalue weighted by Crippen LogP contribution is 2.51. The van der Waals surface area contributed by atoms with Crippen LogP contribution in [0, 0.1) is 36.5 Å². The number of amides is 1. The van der Waals surface area contributed by atoms with Crippen LogP contribution in [0.4, 0.5) is 0 Å². The highest BCUT2D eigenvalue weighted by atomic mass is 16.7. The van der Waals surface area contributed by atoms with Gasteiger partial charge in [-0.3, -0.25) is 28.8 Å². The fourth-order valence-corrected chi connectivity index (χ4v) is 7.67. The summed E-state index contributed by atoms with van der Waals surface area (Å²) in [7, 11) is 0. The number of phenolic OH excluding ortho intramolecular Hbond substituents is 1. The molecule has 51 heavy (non-hydrogen) atoms. The van der Waals surface area contributed by atoms with Gasteiger partial charge >= 0.3 is 11.8 Å². The van der Waals surface area contributed by atoms with Gasteiger partial charge in [-0.25, -0.2) is 0 Å². The second-order valence-corrected chi connectivity index (χ2v) is 14.7. The van der Waals surface area contributed by atoms with E-state index in [2.05, 4.69) is 5.32 Å². The number of rotatable bonds is 1. The van der Waals surface area contributed by atoms with E-state index in [4.69, 9.17) is 18.9 Å². The Morgan fingerprint density at radius 1 is 0.922 bits per heavy atom. The van der Waals surface area contributed by atoms with Crippen LogP contribution in [0.2, 0.25) is 0 Å². The van der Waals surface area contributed by atoms with Crippen molar-refractivity contribution in [3.05, 3.63) is 46.0 Å². The molecule has 15 nitrogen and oxygen atoms in total. The summed E-state index contributed by atoms with van der Waals surface area (Å²) in [5.41, 5.74) is -4.07. The fraction of sp³-hybridized carbons (Fsp3) is 0.556. The topological polar surface area (TPSA) is 232 Å². The minimum atomic E-state index is -2.16. The molecule has 0 aromatic heterocycles. The summed E-state index contributed by atoms with van der Waals surface area (Å²) in [6, 6.07) is 0. The molecule has 3 heterocycles. The van der Waals surface area contributed by atoms with Gasteiger partial charge in [-0.2, -0.15) is 0 Å². The first-order chi connectivity index (χ1) is 23.7. The molecule has 5 N–H and O–H groups in total. The number of esters is 1. The Kier molecular flexibility index (Phi) is 8.71. The largest absolute Gasteiger partial charge is 0.507 e. The molecule has 1 aromatic rings. The third-order valence-corrected chi connectivity index (χ3v) is 11.0. The number of phenols is 1. The smallest absolute Gasteiger partial charge is 0.312 e. The van der Waals surface area contributed by atoms with E-state index in [0.29, 0.717) is 0 Å². The molecule has 2 aliphatic carbocycles. The number of aromatic hydroxyl groups is 1. The summed E-state index contributed by atoms with van der Waals surface area (Å²) in [4.78, 5) is 81.0. The summed E-state index contributed by atoms with van der Waals surface area (Å²) in [5.74, 6) is -12.5. The molecule has 5 bridgehead atoms. The number of ketones is 4. The number of allylic oxidation sites excluding steroid dienone is 2. The van der Waals surface area contributed by atoms with E-state index in [-0.39, 0.29) is 23.3 Å². The molecule has 0 saturated heterocycles. The zero-order valence-corrected chi connectivity index (χ0v) is 29.1. The van der Waals surface area contributed by atoms with Crippen LogP contribution in [0.25, 0.3) is 0 Å². The van der Waals surface area contributed by atoms with Crippen LogP contribution in [-0.4, -0.2) is 91.2 Å². The number of nitrogens with one attached hydrogen (secondary N) is 1. The molecule has 274 valence electrons. The highest BCUT2D eigenvalue weighted by molar-refractivity contribution is 6.32. The third-order valence-electron chi connectivity index (χ3n) is 11.0. The lowest BCUT2D eigenvalue weighted by molar-refractivity contribution is -0.160. The summed E-state index contributed by atoms with van der Waals surface area (Å²) >= 11 is 0. The summed E-state index contributed by atoms with van der Waals surface area (Å²) < 4.78 is 23.0. The van der Waals surface area contributed by atoms with Gasteiger partial charge in [0, 0.05) is 43.1 Å². The van der Waals surface area contributed by atoms with Crippen LogP contribution in [0.15, 0.2) is 23.8 Å². The zero-order chi connectivity index (χ0) is 37.6. The molecule has 11 atom stereocenters. The molecule has 0 radical (unpaired) electrons. The predicted molar refractivity (Wildman–Crippen MR) is 172 cm³/mol. The molecule has 1 aromatic carbocycles. The number of benzene rings is 1. The van der Waals surface area contributed by atoms with Gasteiger partial charge in [-0.05, 0) is 32.3 Å². The lowest BCUT2D eigenvalue weighted by atomic mass is 9.79. The van der Waals surface area contributed by atoms with Gasteiger partial charge in [0.2, 0.25) is 11.6 Å². The minimum absolute atomic E-state index is 0.0663. The predicted octanol–water partition coefficient (Wildman–Crippen LogP) is 1.55. The van der Waals surface area contributed by atoms with Gasteiger partial charge < -0.3 is 44.7 Å². The number of carbonyl (C=O) groups is 6. The maximum atomic E-state index is 14.1. The number of hydrogen-bond donors (Lipinski definition) is 5. The molecular formula is C36H41NO14. The van der Waals surface area contributed by atoms with E-state index in [0.717, 1.165) is 6.26 Å². The molecular weight excluding hydrogens is 670 g/mol. The van der Waals surface area contributed by atoms with Gasteiger partial charge in [0.25, 0.3) is 11.7 Å². The lowest BCUT2D eigenvalue weighted by Gasteiger charge is -2.37.